The van der Waals surface area contributed by atoms with Crippen LogP contribution < -0.4 is 5.73 Å². The first-order valence-corrected chi connectivity index (χ1v) is 4.63. The summed E-state index contributed by atoms with van der Waals surface area (Å²) in [5.41, 5.74) is 5.55. The zero-order valence-corrected chi connectivity index (χ0v) is 7.58. The van der Waals surface area contributed by atoms with Gasteiger partial charge in [-0.25, -0.2) is 0 Å². The molecule has 0 aromatic rings. The van der Waals surface area contributed by atoms with E-state index in [4.69, 9.17) is 10.5 Å². The molecular weight excluding hydrogens is 154 g/mol. The first-order chi connectivity index (χ1) is 5.77. The van der Waals surface area contributed by atoms with Gasteiger partial charge in [0.05, 0.1) is 6.61 Å². The summed E-state index contributed by atoms with van der Waals surface area (Å²) in [5, 5.41) is 0. The number of carbonyl (C=O) groups is 1. The highest BCUT2D eigenvalue weighted by Gasteiger charge is 2.31. The van der Waals surface area contributed by atoms with Gasteiger partial charge in [-0.2, -0.15) is 0 Å². The fraction of sp³-hybridized carbons (Fsp3) is 0.889. The second-order valence-corrected chi connectivity index (χ2v) is 3.34. The van der Waals surface area contributed by atoms with E-state index in [2.05, 4.69) is 0 Å². The maximum atomic E-state index is 11.1. The summed E-state index contributed by atoms with van der Waals surface area (Å²) < 4.78 is 4.86. The van der Waals surface area contributed by atoms with E-state index in [1.54, 1.807) is 0 Å². The van der Waals surface area contributed by atoms with Crippen LogP contribution in [0.5, 0.6) is 0 Å². The van der Waals surface area contributed by atoms with Crippen molar-refractivity contribution in [3.05, 3.63) is 0 Å². The molecule has 1 aliphatic carbocycles. The highest BCUT2D eigenvalue weighted by Crippen LogP contribution is 2.37. The van der Waals surface area contributed by atoms with E-state index in [9.17, 15) is 4.79 Å². The van der Waals surface area contributed by atoms with Crippen molar-refractivity contribution in [1.29, 1.82) is 0 Å². The Kier molecular flexibility index (Phi) is 3.53. The fourth-order valence-corrected chi connectivity index (χ4v) is 1.44. The highest BCUT2D eigenvalue weighted by atomic mass is 16.5. The van der Waals surface area contributed by atoms with Gasteiger partial charge >= 0.3 is 5.97 Å². The van der Waals surface area contributed by atoms with Crippen molar-refractivity contribution in [1.82, 2.24) is 0 Å². The Bertz CT molecular complexity index is 155. The zero-order valence-electron chi connectivity index (χ0n) is 7.58. The average molecular weight is 171 g/mol. The molecule has 0 aromatic heterocycles. The Labute approximate surface area is 73.3 Å². The van der Waals surface area contributed by atoms with Crippen molar-refractivity contribution < 1.29 is 9.53 Å². The van der Waals surface area contributed by atoms with E-state index in [1.807, 2.05) is 6.92 Å². The lowest BCUT2D eigenvalue weighted by atomic mass is 10.0. The molecule has 3 nitrogen and oxygen atoms in total. The van der Waals surface area contributed by atoms with Gasteiger partial charge in [-0.3, -0.25) is 4.79 Å². The van der Waals surface area contributed by atoms with Crippen molar-refractivity contribution in [3.63, 3.8) is 0 Å². The molecule has 12 heavy (non-hydrogen) atoms. The molecule has 1 atom stereocenters. The van der Waals surface area contributed by atoms with Crippen LogP contribution in [-0.4, -0.2) is 19.1 Å². The average Bonchev–Trinajstić information content (AvgIpc) is 2.83. The zero-order chi connectivity index (χ0) is 8.97. The van der Waals surface area contributed by atoms with Gasteiger partial charge in [0.15, 0.2) is 0 Å². The molecule has 0 heterocycles. The van der Waals surface area contributed by atoms with Gasteiger partial charge in [0.25, 0.3) is 0 Å². The Morgan fingerprint density at radius 3 is 2.75 bits per heavy atom. The Morgan fingerprint density at radius 1 is 1.67 bits per heavy atom. The first kappa shape index (κ1) is 9.52. The molecule has 0 radical (unpaired) electrons. The van der Waals surface area contributed by atoms with Crippen LogP contribution in [0.1, 0.15) is 26.2 Å². The van der Waals surface area contributed by atoms with E-state index in [-0.39, 0.29) is 5.97 Å². The molecule has 0 saturated heterocycles. The van der Waals surface area contributed by atoms with Crippen molar-refractivity contribution in [2.75, 3.05) is 13.2 Å². The van der Waals surface area contributed by atoms with Crippen LogP contribution in [-0.2, 0) is 9.53 Å². The van der Waals surface area contributed by atoms with E-state index in [1.165, 1.54) is 12.8 Å². The van der Waals surface area contributed by atoms with E-state index in [0.717, 1.165) is 0 Å². The number of hydrogen-bond acceptors (Lipinski definition) is 3. The van der Waals surface area contributed by atoms with Crippen LogP contribution in [0.2, 0.25) is 0 Å². The van der Waals surface area contributed by atoms with Crippen LogP contribution in [0.3, 0.4) is 0 Å². The van der Waals surface area contributed by atoms with Gasteiger partial charge in [-0.1, -0.05) is 0 Å². The molecule has 1 unspecified atom stereocenters. The topological polar surface area (TPSA) is 52.3 Å². The SMILES string of the molecule is CCOC(=O)CC(CN)C1CC1. The maximum absolute atomic E-state index is 11.1. The highest BCUT2D eigenvalue weighted by molar-refractivity contribution is 5.69. The number of ether oxygens (including phenoxy) is 1. The quantitative estimate of drug-likeness (QED) is 0.626. The lowest BCUT2D eigenvalue weighted by molar-refractivity contribution is -0.144. The second kappa shape index (κ2) is 4.45. The summed E-state index contributed by atoms with van der Waals surface area (Å²) in [7, 11) is 0. The van der Waals surface area contributed by atoms with Crippen LogP contribution in [0.4, 0.5) is 0 Å². The van der Waals surface area contributed by atoms with Gasteiger partial charge in [-0.05, 0) is 38.1 Å². The largest absolute Gasteiger partial charge is 0.466 e. The van der Waals surface area contributed by atoms with Gasteiger partial charge in [0.2, 0.25) is 0 Å². The third-order valence-electron chi connectivity index (χ3n) is 2.33. The van der Waals surface area contributed by atoms with Gasteiger partial charge in [0, 0.05) is 6.42 Å². The third-order valence-corrected chi connectivity index (χ3v) is 2.33. The minimum absolute atomic E-state index is 0.0974. The summed E-state index contributed by atoms with van der Waals surface area (Å²) >= 11 is 0. The second-order valence-electron chi connectivity index (χ2n) is 3.34. The van der Waals surface area contributed by atoms with Gasteiger partial charge in [-0.15, -0.1) is 0 Å². The maximum Gasteiger partial charge on any atom is 0.306 e. The Morgan fingerprint density at radius 2 is 2.33 bits per heavy atom. The number of rotatable bonds is 5. The Hall–Kier alpha value is -0.570. The third kappa shape index (κ3) is 2.81. The van der Waals surface area contributed by atoms with Crippen LogP contribution in [0, 0.1) is 11.8 Å². The van der Waals surface area contributed by atoms with Crippen LogP contribution in [0.15, 0.2) is 0 Å². The summed E-state index contributed by atoms with van der Waals surface area (Å²) in [6.45, 7) is 2.91. The monoisotopic (exact) mass is 171 g/mol. The Balaban J connectivity index is 2.21. The van der Waals surface area contributed by atoms with Gasteiger partial charge in [0.1, 0.15) is 0 Å². The number of nitrogens with two attached hydrogens (primary N) is 1. The minimum atomic E-state index is -0.0974. The predicted octanol–water partition coefficient (Wildman–Crippen LogP) is 0.924. The van der Waals surface area contributed by atoms with E-state index >= 15 is 0 Å². The van der Waals surface area contributed by atoms with E-state index < -0.39 is 0 Å². The lowest BCUT2D eigenvalue weighted by Crippen LogP contribution is -2.21. The number of esters is 1. The smallest absolute Gasteiger partial charge is 0.306 e. The molecule has 0 spiro atoms. The lowest BCUT2D eigenvalue weighted by Gasteiger charge is -2.11. The molecule has 0 bridgehead atoms. The van der Waals surface area contributed by atoms with Crippen LogP contribution in [0.25, 0.3) is 0 Å². The predicted molar refractivity (Wildman–Crippen MR) is 46.5 cm³/mol. The molecule has 0 amide bonds. The van der Waals surface area contributed by atoms with Crippen molar-refractivity contribution in [2.45, 2.75) is 26.2 Å². The number of hydrogen-bond donors (Lipinski definition) is 1. The molecule has 1 saturated carbocycles. The van der Waals surface area contributed by atoms with Crippen molar-refractivity contribution >= 4 is 5.97 Å². The summed E-state index contributed by atoms with van der Waals surface area (Å²) in [4.78, 5) is 11.1. The molecule has 1 rings (SSSR count). The van der Waals surface area contributed by atoms with Crippen molar-refractivity contribution in [3.8, 4) is 0 Å². The summed E-state index contributed by atoms with van der Waals surface area (Å²) in [5.74, 6) is 0.961. The van der Waals surface area contributed by atoms with Crippen molar-refractivity contribution in [2.24, 2.45) is 17.6 Å². The molecule has 0 aliphatic heterocycles. The molecule has 0 aromatic carbocycles. The molecule has 2 N–H and O–H groups in total. The fourth-order valence-electron chi connectivity index (χ4n) is 1.44. The van der Waals surface area contributed by atoms with E-state index in [0.29, 0.717) is 31.4 Å². The molecule has 1 aliphatic rings. The first-order valence-electron chi connectivity index (χ1n) is 4.63. The summed E-state index contributed by atoms with van der Waals surface area (Å²) in [6.07, 6.45) is 2.98. The standard InChI is InChI=1S/C9H17NO2/c1-2-12-9(11)5-8(6-10)7-3-4-7/h7-8H,2-6,10H2,1H3. The normalized spacial score (nSPS) is 18.8. The number of carbonyl (C=O) groups excluding carboxylic acids is 1. The summed E-state index contributed by atoms with van der Waals surface area (Å²) in [6, 6.07) is 0. The van der Waals surface area contributed by atoms with Gasteiger partial charge < -0.3 is 10.5 Å². The van der Waals surface area contributed by atoms with Crippen LogP contribution >= 0.6 is 0 Å². The molecule has 3 heteroatoms. The molecule has 70 valence electrons. The molecular formula is C9H17NO2. The minimum Gasteiger partial charge on any atom is -0.466 e. The molecule has 1 fully saturated rings.